The van der Waals surface area contributed by atoms with Gasteiger partial charge in [-0.1, -0.05) is 23.7 Å². The first kappa shape index (κ1) is 11.5. The molecule has 1 unspecified atom stereocenters. The highest BCUT2D eigenvalue weighted by atomic mass is 35.5. The third-order valence-electron chi connectivity index (χ3n) is 2.86. The maximum Gasteiger partial charge on any atom is 0.0967 e. The van der Waals surface area contributed by atoms with Gasteiger partial charge in [0.25, 0.3) is 0 Å². The monoisotopic (exact) mass is 236 g/mol. The topological polar surface area (TPSA) is 24.4 Å². The predicted octanol–water partition coefficient (Wildman–Crippen LogP) is 3.57. The summed E-state index contributed by atoms with van der Waals surface area (Å²) in [5.41, 5.74) is 1.21. The zero-order valence-electron chi connectivity index (χ0n) is 9.54. The molecule has 0 fully saturated rings. The van der Waals surface area contributed by atoms with Crippen molar-refractivity contribution in [3.63, 3.8) is 0 Å². The Morgan fingerprint density at radius 2 is 2.25 bits per heavy atom. The zero-order chi connectivity index (χ0) is 11.4. The van der Waals surface area contributed by atoms with Crippen LogP contribution in [0.4, 0.5) is 0 Å². The van der Waals surface area contributed by atoms with Crippen molar-refractivity contribution in [1.29, 1.82) is 0 Å². The van der Waals surface area contributed by atoms with E-state index in [1.54, 1.807) is 0 Å². The van der Waals surface area contributed by atoms with E-state index in [0.29, 0.717) is 0 Å². The van der Waals surface area contributed by atoms with E-state index in [0.717, 1.165) is 23.8 Å². The first-order chi connectivity index (χ1) is 7.75. The summed E-state index contributed by atoms with van der Waals surface area (Å²) in [4.78, 5) is 4.49. The van der Waals surface area contributed by atoms with Gasteiger partial charge in [-0.25, -0.2) is 0 Å². The lowest BCUT2D eigenvalue weighted by molar-refractivity contribution is 0.656. The Kier molecular flexibility index (Phi) is 3.83. The molecule has 86 valence electrons. The van der Waals surface area contributed by atoms with Gasteiger partial charge >= 0.3 is 0 Å². The van der Waals surface area contributed by atoms with Gasteiger partial charge in [0.1, 0.15) is 0 Å². The van der Waals surface area contributed by atoms with Gasteiger partial charge in [0.05, 0.1) is 5.84 Å². The fourth-order valence-electron chi connectivity index (χ4n) is 1.92. The smallest absolute Gasteiger partial charge is 0.0967 e. The van der Waals surface area contributed by atoms with Crippen LogP contribution in [0.25, 0.3) is 0 Å². The van der Waals surface area contributed by atoms with E-state index in [4.69, 9.17) is 11.6 Å². The summed E-state index contributed by atoms with van der Waals surface area (Å²) >= 11 is 5.97. The molecule has 2 nitrogen and oxygen atoms in total. The van der Waals surface area contributed by atoms with E-state index in [9.17, 15) is 0 Å². The molecule has 1 aromatic carbocycles. The minimum Gasteiger partial charge on any atom is -0.367 e. The molecule has 1 atom stereocenters. The molecule has 16 heavy (non-hydrogen) atoms. The quantitative estimate of drug-likeness (QED) is 0.834. The average molecular weight is 237 g/mol. The number of hydrogen-bond acceptors (Lipinski definition) is 2. The van der Waals surface area contributed by atoms with Gasteiger partial charge in [-0.2, -0.15) is 0 Å². The predicted molar refractivity (Wildman–Crippen MR) is 69.2 cm³/mol. The lowest BCUT2D eigenvalue weighted by Gasteiger charge is -2.20. The summed E-state index contributed by atoms with van der Waals surface area (Å²) in [6.45, 7) is 3.10. The van der Waals surface area contributed by atoms with Gasteiger partial charge in [-0.15, -0.1) is 0 Å². The van der Waals surface area contributed by atoms with Crippen molar-refractivity contribution in [3.05, 3.63) is 34.9 Å². The minimum absolute atomic E-state index is 0.274. The number of nitrogens with one attached hydrogen (secondary N) is 1. The Balaban J connectivity index is 2.02. The molecule has 0 aromatic heterocycles. The molecule has 0 aliphatic carbocycles. The van der Waals surface area contributed by atoms with Crippen LogP contribution in [0.5, 0.6) is 0 Å². The lowest BCUT2D eigenvalue weighted by atomic mass is 10.1. The Labute approximate surface area is 102 Å². The van der Waals surface area contributed by atoms with Gasteiger partial charge in [0.15, 0.2) is 0 Å². The fourth-order valence-corrected chi connectivity index (χ4v) is 2.12. The van der Waals surface area contributed by atoms with Crippen LogP contribution in [0.1, 0.15) is 37.8 Å². The fraction of sp³-hybridized carbons (Fsp3) is 0.462. The SMILES string of the molecule is CC(NC1=NCCCC1)c1cccc(Cl)c1. The van der Waals surface area contributed by atoms with Gasteiger partial charge in [0, 0.05) is 24.0 Å². The zero-order valence-corrected chi connectivity index (χ0v) is 10.3. The third-order valence-corrected chi connectivity index (χ3v) is 3.09. The Morgan fingerprint density at radius 3 is 2.94 bits per heavy atom. The number of hydrogen-bond donors (Lipinski definition) is 1. The van der Waals surface area contributed by atoms with E-state index in [2.05, 4.69) is 23.3 Å². The number of amidine groups is 1. The molecule has 1 heterocycles. The second-order valence-electron chi connectivity index (χ2n) is 4.21. The molecule has 1 aliphatic heterocycles. The number of benzene rings is 1. The molecule has 0 saturated heterocycles. The first-order valence-corrected chi connectivity index (χ1v) is 6.19. The molecule has 0 radical (unpaired) electrons. The molecule has 0 amide bonds. The van der Waals surface area contributed by atoms with Crippen LogP contribution in [0, 0.1) is 0 Å². The van der Waals surface area contributed by atoms with Crippen molar-refractivity contribution < 1.29 is 0 Å². The number of aliphatic imine (C=N–C) groups is 1. The van der Waals surface area contributed by atoms with Gasteiger partial charge in [0.2, 0.25) is 0 Å². The van der Waals surface area contributed by atoms with Crippen LogP contribution < -0.4 is 5.32 Å². The Bertz CT molecular complexity index is 387. The molecule has 0 bridgehead atoms. The minimum atomic E-state index is 0.274. The van der Waals surface area contributed by atoms with E-state index in [1.807, 2.05) is 18.2 Å². The summed E-state index contributed by atoms with van der Waals surface area (Å²) in [5, 5.41) is 4.24. The van der Waals surface area contributed by atoms with Crippen molar-refractivity contribution in [2.24, 2.45) is 4.99 Å². The molecule has 0 spiro atoms. The van der Waals surface area contributed by atoms with Gasteiger partial charge in [-0.3, -0.25) is 4.99 Å². The molecule has 1 aliphatic rings. The van der Waals surface area contributed by atoms with E-state index in [-0.39, 0.29) is 6.04 Å². The third kappa shape index (κ3) is 2.99. The molecular formula is C13H17ClN2. The second kappa shape index (κ2) is 5.35. The highest BCUT2D eigenvalue weighted by Gasteiger charge is 2.10. The van der Waals surface area contributed by atoms with Crippen molar-refractivity contribution in [2.75, 3.05) is 6.54 Å². The van der Waals surface area contributed by atoms with Crippen molar-refractivity contribution in [2.45, 2.75) is 32.2 Å². The van der Waals surface area contributed by atoms with E-state index >= 15 is 0 Å². The molecular weight excluding hydrogens is 220 g/mol. The van der Waals surface area contributed by atoms with Gasteiger partial charge < -0.3 is 5.32 Å². The number of rotatable bonds is 2. The maximum atomic E-state index is 5.97. The van der Waals surface area contributed by atoms with Crippen LogP contribution >= 0.6 is 11.6 Å². The number of halogens is 1. The van der Waals surface area contributed by atoms with Crippen LogP contribution in [-0.4, -0.2) is 12.4 Å². The van der Waals surface area contributed by atoms with Crippen molar-refractivity contribution in [1.82, 2.24) is 5.32 Å². The van der Waals surface area contributed by atoms with Gasteiger partial charge in [-0.05, 0) is 37.5 Å². The summed E-state index contributed by atoms with van der Waals surface area (Å²) in [7, 11) is 0. The van der Waals surface area contributed by atoms with Crippen LogP contribution in [0.3, 0.4) is 0 Å². The number of nitrogens with zero attached hydrogens (tertiary/aromatic N) is 1. The second-order valence-corrected chi connectivity index (χ2v) is 4.64. The van der Waals surface area contributed by atoms with Crippen LogP contribution in [0.2, 0.25) is 5.02 Å². The Morgan fingerprint density at radius 1 is 1.38 bits per heavy atom. The standard InChI is InChI=1S/C13H17ClN2/c1-10(11-5-4-6-12(14)9-11)16-13-7-2-3-8-15-13/h4-6,9-10H,2-3,7-8H2,1H3,(H,15,16). The molecule has 3 heteroatoms. The molecule has 2 rings (SSSR count). The first-order valence-electron chi connectivity index (χ1n) is 5.81. The Hall–Kier alpha value is -1.02. The van der Waals surface area contributed by atoms with Crippen LogP contribution in [-0.2, 0) is 0 Å². The summed E-state index contributed by atoms with van der Waals surface area (Å²) in [6.07, 6.45) is 3.54. The van der Waals surface area contributed by atoms with Crippen LogP contribution in [0.15, 0.2) is 29.3 Å². The molecule has 1 aromatic rings. The molecule has 0 saturated carbocycles. The van der Waals surface area contributed by atoms with Crippen molar-refractivity contribution in [3.8, 4) is 0 Å². The molecule has 1 N–H and O–H groups in total. The summed E-state index contributed by atoms with van der Waals surface area (Å²) < 4.78 is 0. The summed E-state index contributed by atoms with van der Waals surface area (Å²) in [6, 6.07) is 8.25. The largest absolute Gasteiger partial charge is 0.367 e. The average Bonchev–Trinajstić information content (AvgIpc) is 2.30. The lowest BCUT2D eigenvalue weighted by Crippen LogP contribution is -2.28. The maximum absolute atomic E-state index is 5.97. The summed E-state index contributed by atoms with van der Waals surface area (Å²) in [5.74, 6) is 1.14. The van der Waals surface area contributed by atoms with Crippen molar-refractivity contribution >= 4 is 17.4 Å². The van der Waals surface area contributed by atoms with E-state index in [1.165, 1.54) is 18.4 Å². The highest BCUT2D eigenvalue weighted by Crippen LogP contribution is 2.18. The van der Waals surface area contributed by atoms with E-state index < -0.39 is 0 Å². The normalized spacial score (nSPS) is 17.8. The highest BCUT2D eigenvalue weighted by molar-refractivity contribution is 6.30.